The summed E-state index contributed by atoms with van der Waals surface area (Å²) in [6, 6.07) is 0. The molecule has 0 spiro atoms. The van der Waals surface area contributed by atoms with Gasteiger partial charge < -0.3 is 0 Å². The molecule has 3 heteroatoms. The third-order valence-electron chi connectivity index (χ3n) is 2.29. The van der Waals surface area contributed by atoms with E-state index < -0.39 is 5.54 Å². The molecule has 0 amide bonds. The molecule has 0 saturated heterocycles. The van der Waals surface area contributed by atoms with Crippen molar-refractivity contribution in [3.8, 4) is 0 Å². The van der Waals surface area contributed by atoms with Crippen LogP contribution < -0.4 is 0 Å². The van der Waals surface area contributed by atoms with Crippen LogP contribution in [0.3, 0.4) is 0 Å². The van der Waals surface area contributed by atoms with Crippen LogP contribution in [0.5, 0.6) is 0 Å². The first kappa shape index (κ1) is 9.40. The average molecular weight is 145 g/mol. The van der Waals surface area contributed by atoms with Gasteiger partial charge in [0.15, 0.2) is 0 Å². The van der Waals surface area contributed by atoms with Crippen molar-refractivity contribution in [1.82, 2.24) is 0 Å². The van der Waals surface area contributed by atoms with E-state index in [1.165, 1.54) is 0 Å². The summed E-state index contributed by atoms with van der Waals surface area (Å²) in [4.78, 5) is 10.2. The van der Waals surface area contributed by atoms with E-state index in [9.17, 15) is 10.1 Å². The molecule has 0 rings (SSSR count). The zero-order valence-corrected chi connectivity index (χ0v) is 7.26. The number of hydrogen-bond donors (Lipinski definition) is 0. The first-order valence-electron chi connectivity index (χ1n) is 3.34. The molecule has 0 saturated carbocycles. The highest BCUT2D eigenvalue weighted by molar-refractivity contribution is 4.81. The summed E-state index contributed by atoms with van der Waals surface area (Å²) in [6.07, 6.45) is 0. The van der Waals surface area contributed by atoms with Gasteiger partial charge in [-0.3, -0.25) is 10.1 Å². The second kappa shape index (κ2) is 2.22. The van der Waals surface area contributed by atoms with Crippen molar-refractivity contribution in [2.24, 2.45) is 5.41 Å². The molecule has 0 heterocycles. The van der Waals surface area contributed by atoms with Crippen molar-refractivity contribution in [2.45, 2.75) is 40.2 Å². The van der Waals surface area contributed by atoms with E-state index in [2.05, 4.69) is 0 Å². The Morgan fingerprint density at radius 1 is 1.10 bits per heavy atom. The first-order valence-corrected chi connectivity index (χ1v) is 3.34. The lowest BCUT2D eigenvalue weighted by Gasteiger charge is -2.29. The van der Waals surface area contributed by atoms with Gasteiger partial charge in [-0.15, -0.1) is 0 Å². The van der Waals surface area contributed by atoms with Crippen LogP contribution in [0.2, 0.25) is 0 Å². The highest BCUT2D eigenvalue weighted by atomic mass is 16.6. The maximum absolute atomic E-state index is 10.5. The Balaban J connectivity index is 4.57. The van der Waals surface area contributed by atoms with Crippen LogP contribution in [0.15, 0.2) is 0 Å². The van der Waals surface area contributed by atoms with Gasteiger partial charge in [0.2, 0.25) is 5.54 Å². The molecule has 0 atom stereocenters. The van der Waals surface area contributed by atoms with Gasteiger partial charge in [0, 0.05) is 24.2 Å². The fraction of sp³-hybridized carbons (Fsp3) is 1.00. The Bertz CT molecular complexity index is 144. The molecule has 0 aromatic heterocycles. The fourth-order valence-corrected chi connectivity index (χ4v) is 0.274. The number of hydrogen-bond acceptors (Lipinski definition) is 2. The topological polar surface area (TPSA) is 43.1 Å². The largest absolute Gasteiger partial charge is 0.264 e. The lowest BCUT2D eigenvalue weighted by Crippen LogP contribution is -2.44. The van der Waals surface area contributed by atoms with Gasteiger partial charge in [-0.25, -0.2) is 0 Å². The lowest BCUT2D eigenvalue weighted by molar-refractivity contribution is -0.579. The molecule has 0 aliphatic heterocycles. The smallest absolute Gasteiger partial charge is 0.221 e. The van der Waals surface area contributed by atoms with E-state index in [1.807, 2.05) is 20.8 Å². The Morgan fingerprint density at radius 3 is 1.40 bits per heavy atom. The highest BCUT2D eigenvalue weighted by Gasteiger charge is 2.43. The normalized spacial score (nSPS) is 13.3. The summed E-state index contributed by atoms with van der Waals surface area (Å²) in [5.41, 5.74) is -1.12. The van der Waals surface area contributed by atoms with Crippen LogP contribution in [0.1, 0.15) is 34.6 Å². The molecule has 60 valence electrons. The van der Waals surface area contributed by atoms with Crippen molar-refractivity contribution in [1.29, 1.82) is 0 Å². The third-order valence-corrected chi connectivity index (χ3v) is 2.29. The summed E-state index contributed by atoms with van der Waals surface area (Å²) in [7, 11) is 0. The van der Waals surface area contributed by atoms with Gasteiger partial charge in [-0.1, -0.05) is 20.8 Å². The van der Waals surface area contributed by atoms with Crippen molar-refractivity contribution in [3.05, 3.63) is 10.1 Å². The van der Waals surface area contributed by atoms with E-state index in [0.29, 0.717) is 0 Å². The van der Waals surface area contributed by atoms with Crippen molar-refractivity contribution in [3.63, 3.8) is 0 Å². The Morgan fingerprint density at radius 2 is 1.40 bits per heavy atom. The minimum Gasteiger partial charge on any atom is -0.264 e. The Kier molecular flexibility index (Phi) is 2.09. The molecule has 0 N–H and O–H groups in total. The third kappa shape index (κ3) is 1.46. The van der Waals surface area contributed by atoms with Gasteiger partial charge >= 0.3 is 0 Å². The molecule has 0 fully saturated rings. The summed E-state index contributed by atoms with van der Waals surface area (Å²) in [6.45, 7) is 8.90. The maximum atomic E-state index is 10.5. The lowest BCUT2D eigenvalue weighted by atomic mass is 9.77. The van der Waals surface area contributed by atoms with Crippen molar-refractivity contribution >= 4 is 0 Å². The predicted molar refractivity (Wildman–Crippen MR) is 40.5 cm³/mol. The van der Waals surface area contributed by atoms with Crippen molar-refractivity contribution in [2.75, 3.05) is 0 Å². The molecular weight excluding hydrogens is 130 g/mol. The molecule has 0 aromatic carbocycles. The molecular formula is C7H15NO2. The molecule has 3 nitrogen and oxygen atoms in total. The van der Waals surface area contributed by atoms with Crippen LogP contribution in [-0.2, 0) is 0 Å². The van der Waals surface area contributed by atoms with Crippen LogP contribution in [0.25, 0.3) is 0 Å². The first-order chi connectivity index (χ1) is 4.19. The summed E-state index contributed by atoms with van der Waals surface area (Å²) in [5, 5.41) is 10.5. The molecule has 10 heavy (non-hydrogen) atoms. The summed E-state index contributed by atoms with van der Waals surface area (Å²) >= 11 is 0. The summed E-state index contributed by atoms with van der Waals surface area (Å²) in [5.74, 6) is 0. The van der Waals surface area contributed by atoms with Crippen LogP contribution in [0.4, 0.5) is 0 Å². The molecule has 0 aromatic rings. The van der Waals surface area contributed by atoms with E-state index >= 15 is 0 Å². The van der Waals surface area contributed by atoms with E-state index in [4.69, 9.17) is 0 Å². The predicted octanol–water partition coefficient (Wildman–Crippen LogP) is 2.09. The monoisotopic (exact) mass is 145 g/mol. The minimum atomic E-state index is -0.840. The average Bonchev–Trinajstić information content (AvgIpc) is 1.62. The number of rotatable bonds is 1. The van der Waals surface area contributed by atoms with Crippen LogP contribution in [-0.4, -0.2) is 10.5 Å². The van der Waals surface area contributed by atoms with E-state index in [-0.39, 0.29) is 10.3 Å². The molecule has 0 unspecified atom stereocenters. The fourth-order valence-electron chi connectivity index (χ4n) is 0.274. The van der Waals surface area contributed by atoms with Gasteiger partial charge in [-0.2, -0.15) is 0 Å². The van der Waals surface area contributed by atoms with Crippen LogP contribution in [0, 0.1) is 15.5 Å². The quantitative estimate of drug-likeness (QED) is 0.419. The zero-order chi connectivity index (χ0) is 8.58. The second-order valence-electron chi connectivity index (χ2n) is 4.07. The standard InChI is InChI=1S/C7H15NO2/c1-6(2,3)7(4,5)8(9)10/h1-5H3. The molecule has 0 aliphatic rings. The van der Waals surface area contributed by atoms with Crippen molar-refractivity contribution < 1.29 is 4.92 Å². The maximum Gasteiger partial charge on any atom is 0.221 e. The van der Waals surface area contributed by atoms with E-state index in [1.54, 1.807) is 13.8 Å². The molecule has 0 aliphatic carbocycles. The SMILES string of the molecule is CC(C)(C)C(C)(C)[N+](=O)[O-]. The Hall–Kier alpha value is -0.600. The van der Waals surface area contributed by atoms with E-state index in [0.717, 1.165) is 0 Å². The Labute approximate surface area is 61.6 Å². The summed E-state index contributed by atoms with van der Waals surface area (Å²) < 4.78 is 0. The number of nitro groups is 1. The number of nitrogens with zero attached hydrogens (tertiary/aromatic N) is 1. The molecule has 0 bridgehead atoms. The molecule has 0 radical (unpaired) electrons. The van der Waals surface area contributed by atoms with Gasteiger partial charge in [0.25, 0.3) is 0 Å². The van der Waals surface area contributed by atoms with Gasteiger partial charge in [-0.05, 0) is 0 Å². The second-order valence-corrected chi connectivity index (χ2v) is 4.07. The van der Waals surface area contributed by atoms with Gasteiger partial charge in [0.1, 0.15) is 0 Å². The highest BCUT2D eigenvalue weighted by Crippen LogP contribution is 2.31. The minimum absolute atomic E-state index is 0.229. The van der Waals surface area contributed by atoms with Gasteiger partial charge in [0.05, 0.1) is 0 Å². The van der Waals surface area contributed by atoms with Crippen LogP contribution >= 0.6 is 0 Å². The zero-order valence-electron chi connectivity index (χ0n) is 7.26.